The Balaban J connectivity index is 1.58. The average Bonchev–Trinajstić information content (AvgIpc) is 3.42. The number of hydrogen-bond donors (Lipinski definition) is 2. The van der Waals surface area contributed by atoms with Gasteiger partial charge in [-0.05, 0) is 55.5 Å². The standard InChI is InChI=1S/C21H25BrN2O3S/c1-15(2)24-28(26,27)14-17-5-3-16(4-6-17)13-23-20(25)21(11-12-21)18-7-9-19(22)10-8-18/h3-10,15,24H,11-14H2,1-2H3,(H,23,25). The molecule has 0 saturated heterocycles. The van der Waals surface area contributed by atoms with Crippen molar-refractivity contribution in [2.75, 3.05) is 0 Å². The van der Waals surface area contributed by atoms with Crippen molar-refractivity contribution in [1.29, 1.82) is 0 Å². The Kier molecular flexibility index (Phi) is 6.27. The number of amides is 1. The maximum Gasteiger partial charge on any atom is 0.230 e. The molecule has 1 aliphatic carbocycles. The molecule has 0 aliphatic heterocycles. The molecular weight excluding hydrogens is 440 g/mol. The topological polar surface area (TPSA) is 75.3 Å². The van der Waals surface area contributed by atoms with Crippen LogP contribution in [-0.2, 0) is 32.5 Å². The van der Waals surface area contributed by atoms with E-state index in [0.717, 1.165) is 34.0 Å². The smallest absolute Gasteiger partial charge is 0.230 e. The SMILES string of the molecule is CC(C)NS(=O)(=O)Cc1ccc(CNC(=O)C2(c3ccc(Br)cc3)CC2)cc1. The second-order valence-corrected chi connectivity index (χ2v) is 10.3. The Bertz CT molecular complexity index is 935. The summed E-state index contributed by atoms with van der Waals surface area (Å²) in [5.74, 6) is -0.00701. The Morgan fingerprint density at radius 1 is 1.04 bits per heavy atom. The summed E-state index contributed by atoms with van der Waals surface area (Å²) in [6, 6.07) is 15.1. The highest BCUT2D eigenvalue weighted by molar-refractivity contribution is 9.10. The number of hydrogen-bond acceptors (Lipinski definition) is 3. The summed E-state index contributed by atoms with van der Waals surface area (Å²) >= 11 is 3.42. The van der Waals surface area contributed by atoms with Crippen molar-refractivity contribution in [1.82, 2.24) is 10.0 Å². The van der Waals surface area contributed by atoms with Crippen LogP contribution in [-0.4, -0.2) is 20.4 Å². The molecule has 0 radical (unpaired) electrons. The molecule has 150 valence electrons. The highest BCUT2D eigenvalue weighted by atomic mass is 79.9. The number of rotatable bonds is 8. The second kappa shape index (κ2) is 8.35. The molecule has 0 aromatic heterocycles. The fourth-order valence-corrected chi connectivity index (χ4v) is 4.96. The van der Waals surface area contributed by atoms with E-state index in [4.69, 9.17) is 0 Å². The lowest BCUT2D eigenvalue weighted by atomic mass is 9.95. The molecule has 2 aromatic carbocycles. The van der Waals surface area contributed by atoms with Crippen molar-refractivity contribution in [2.45, 2.75) is 50.4 Å². The van der Waals surface area contributed by atoms with Crippen molar-refractivity contribution in [3.63, 3.8) is 0 Å². The van der Waals surface area contributed by atoms with E-state index in [-0.39, 0.29) is 17.7 Å². The highest BCUT2D eigenvalue weighted by Gasteiger charge is 2.50. The van der Waals surface area contributed by atoms with Gasteiger partial charge in [-0.15, -0.1) is 0 Å². The average molecular weight is 465 g/mol. The Hall–Kier alpha value is -1.70. The van der Waals surface area contributed by atoms with Crippen LogP contribution in [0.3, 0.4) is 0 Å². The number of sulfonamides is 1. The summed E-state index contributed by atoms with van der Waals surface area (Å²) in [6.45, 7) is 4.02. The lowest BCUT2D eigenvalue weighted by molar-refractivity contribution is -0.123. The molecule has 1 aliphatic rings. The third kappa shape index (κ3) is 5.21. The molecule has 0 unspecified atom stereocenters. The van der Waals surface area contributed by atoms with Gasteiger partial charge in [-0.3, -0.25) is 4.79 Å². The van der Waals surface area contributed by atoms with Gasteiger partial charge in [0.25, 0.3) is 0 Å². The van der Waals surface area contributed by atoms with Gasteiger partial charge in [0.1, 0.15) is 0 Å². The maximum absolute atomic E-state index is 12.7. The van der Waals surface area contributed by atoms with Crippen molar-refractivity contribution < 1.29 is 13.2 Å². The first-order valence-corrected chi connectivity index (χ1v) is 11.8. The summed E-state index contributed by atoms with van der Waals surface area (Å²) in [5, 5.41) is 3.03. The van der Waals surface area contributed by atoms with Crippen LogP contribution in [0.2, 0.25) is 0 Å². The molecule has 1 amide bonds. The zero-order valence-corrected chi connectivity index (χ0v) is 18.4. The first-order valence-electron chi connectivity index (χ1n) is 9.32. The van der Waals surface area contributed by atoms with Crippen LogP contribution >= 0.6 is 15.9 Å². The van der Waals surface area contributed by atoms with Crippen LogP contribution in [0.15, 0.2) is 53.0 Å². The third-order valence-corrected chi connectivity index (χ3v) is 6.90. The van der Waals surface area contributed by atoms with Crippen LogP contribution in [0.1, 0.15) is 43.4 Å². The molecule has 0 spiro atoms. The summed E-state index contributed by atoms with van der Waals surface area (Å²) in [4.78, 5) is 12.7. The number of benzene rings is 2. The van der Waals surface area contributed by atoms with E-state index in [1.54, 1.807) is 26.0 Å². The van der Waals surface area contributed by atoms with Crippen LogP contribution < -0.4 is 10.0 Å². The van der Waals surface area contributed by atoms with Crippen LogP contribution in [0.5, 0.6) is 0 Å². The van der Waals surface area contributed by atoms with E-state index in [1.807, 2.05) is 36.4 Å². The Morgan fingerprint density at radius 2 is 1.61 bits per heavy atom. The zero-order valence-electron chi connectivity index (χ0n) is 16.0. The van der Waals surface area contributed by atoms with Gasteiger partial charge in [0.05, 0.1) is 11.2 Å². The Labute approximate surface area is 175 Å². The van der Waals surface area contributed by atoms with Crippen molar-refractivity contribution in [2.24, 2.45) is 0 Å². The van der Waals surface area contributed by atoms with Crippen LogP contribution in [0.4, 0.5) is 0 Å². The minimum Gasteiger partial charge on any atom is -0.351 e. The van der Waals surface area contributed by atoms with E-state index >= 15 is 0 Å². The molecule has 3 rings (SSSR count). The van der Waals surface area contributed by atoms with Gasteiger partial charge in [0.15, 0.2) is 0 Å². The molecule has 2 aromatic rings. The maximum atomic E-state index is 12.7. The first-order chi connectivity index (χ1) is 13.2. The fourth-order valence-electron chi connectivity index (χ4n) is 3.27. The number of halogens is 1. The molecule has 28 heavy (non-hydrogen) atoms. The van der Waals surface area contributed by atoms with E-state index < -0.39 is 15.4 Å². The van der Waals surface area contributed by atoms with E-state index in [1.165, 1.54) is 0 Å². The predicted octanol–water partition coefficient (Wildman–Crippen LogP) is 3.62. The lowest BCUT2D eigenvalue weighted by Crippen LogP contribution is -2.34. The molecule has 5 nitrogen and oxygen atoms in total. The normalized spacial score (nSPS) is 15.4. The quantitative estimate of drug-likeness (QED) is 0.626. The summed E-state index contributed by atoms with van der Waals surface area (Å²) in [7, 11) is -3.34. The second-order valence-electron chi connectivity index (χ2n) is 7.62. The largest absolute Gasteiger partial charge is 0.351 e. The number of carbonyl (C=O) groups is 1. The van der Waals surface area contributed by atoms with Gasteiger partial charge in [0.2, 0.25) is 15.9 Å². The van der Waals surface area contributed by atoms with Crippen molar-refractivity contribution in [3.05, 3.63) is 69.7 Å². The van der Waals surface area contributed by atoms with Crippen molar-refractivity contribution in [3.8, 4) is 0 Å². The van der Waals surface area contributed by atoms with Crippen LogP contribution in [0.25, 0.3) is 0 Å². The van der Waals surface area contributed by atoms with E-state index in [2.05, 4.69) is 26.0 Å². The first kappa shape index (κ1) is 21.0. The number of carbonyl (C=O) groups excluding carboxylic acids is 1. The van der Waals surface area contributed by atoms with Crippen molar-refractivity contribution >= 4 is 31.9 Å². The monoisotopic (exact) mass is 464 g/mol. The Morgan fingerprint density at radius 3 is 2.14 bits per heavy atom. The number of nitrogens with one attached hydrogen (secondary N) is 2. The molecular formula is C21H25BrN2O3S. The molecule has 0 atom stereocenters. The summed E-state index contributed by atoms with van der Waals surface area (Å²) < 4.78 is 27.6. The molecule has 2 N–H and O–H groups in total. The van der Waals surface area contributed by atoms with E-state index in [0.29, 0.717) is 6.54 Å². The van der Waals surface area contributed by atoms with Crippen LogP contribution in [0, 0.1) is 0 Å². The highest BCUT2D eigenvalue weighted by Crippen LogP contribution is 2.48. The molecule has 7 heteroatoms. The molecule has 1 saturated carbocycles. The van der Waals surface area contributed by atoms with Gasteiger partial charge >= 0.3 is 0 Å². The zero-order chi connectivity index (χ0) is 20.4. The molecule has 0 bridgehead atoms. The predicted molar refractivity (Wildman–Crippen MR) is 114 cm³/mol. The lowest BCUT2D eigenvalue weighted by Gasteiger charge is -2.16. The van der Waals surface area contributed by atoms with Gasteiger partial charge in [0, 0.05) is 17.1 Å². The summed E-state index contributed by atoms with van der Waals surface area (Å²) in [5.41, 5.74) is 2.30. The fraction of sp³-hybridized carbons (Fsp3) is 0.381. The van der Waals surface area contributed by atoms with E-state index in [9.17, 15) is 13.2 Å². The van der Waals surface area contributed by atoms with Gasteiger partial charge in [-0.1, -0.05) is 52.3 Å². The third-order valence-electron chi connectivity index (χ3n) is 4.83. The summed E-state index contributed by atoms with van der Waals surface area (Å²) in [6.07, 6.45) is 1.72. The molecule has 1 fully saturated rings. The minimum atomic E-state index is -3.34. The molecule has 0 heterocycles. The van der Waals surface area contributed by atoms with Gasteiger partial charge < -0.3 is 5.32 Å². The minimum absolute atomic E-state index is 0.0441. The van der Waals surface area contributed by atoms with Gasteiger partial charge in [-0.25, -0.2) is 13.1 Å². The van der Waals surface area contributed by atoms with Gasteiger partial charge in [-0.2, -0.15) is 0 Å².